The molecule has 0 aromatic heterocycles. The Morgan fingerprint density at radius 2 is 1.70 bits per heavy atom. The minimum absolute atomic E-state index is 0.0282. The van der Waals surface area contributed by atoms with E-state index in [4.69, 9.17) is 18.9 Å². The molecule has 0 saturated carbocycles. The first kappa shape index (κ1) is 19.0. The maximum absolute atomic E-state index is 12.5. The van der Waals surface area contributed by atoms with Crippen LogP contribution in [0.3, 0.4) is 0 Å². The van der Waals surface area contributed by atoms with Crippen LogP contribution < -0.4 is 14.2 Å². The van der Waals surface area contributed by atoms with Gasteiger partial charge in [0.15, 0.2) is 6.23 Å². The smallest absolute Gasteiger partial charge is 0.251 e. The lowest BCUT2D eigenvalue weighted by Gasteiger charge is -2.26. The molecule has 0 aliphatic carbocycles. The molecule has 1 fully saturated rings. The Kier molecular flexibility index (Phi) is 5.86. The number of hydrogen-bond acceptors (Lipinski definition) is 5. The van der Waals surface area contributed by atoms with E-state index in [1.165, 1.54) is 0 Å². The number of rotatable bonds is 7. The van der Waals surface area contributed by atoms with Crippen molar-refractivity contribution in [3.05, 3.63) is 53.6 Å². The molecule has 144 valence electrons. The van der Waals surface area contributed by atoms with Gasteiger partial charge in [0.05, 0.1) is 25.9 Å². The highest BCUT2D eigenvalue weighted by Crippen LogP contribution is 2.40. The molecule has 1 aliphatic rings. The maximum atomic E-state index is 12.5. The molecule has 1 saturated heterocycles. The number of amides is 1. The minimum Gasteiger partial charge on any atom is -0.496 e. The summed E-state index contributed by atoms with van der Waals surface area (Å²) in [6.07, 6.45) is -0.443. The Morgan fingerprint density at radius 1 is 1.07 bits per heavy atom. The van der Waals surface area contributed by atoms with Gasteiger partial charge in [-0.2, -0.15) is 0 Å². The predicted molar refractivity (Wildman–Crippen MR) is 101 cm³/mol. The van der Waals surface area contributed by atoms with E-state index >= 15 is 0 Å². The van der Waals surface area contributed by atoms with Gasteiger partial charge in [0.25, 0.3) is 5.91 Å². The molecule has 1 amide bonds. The molecule has 2 aromatic carbocycles. The lowest BCUT2D eigenvalue weighted by molar-refractivity contribution is -0.128. The van der Waals surface area contributed by atoms with E-state index < -0.39 is 6.23 Å². The third-order valence-corrected chi connectivity index (χ3v) is 4.33. The topological polar surface area (TPSA) is 57.2 Å². The van der Waals surface area contributed by atoms with Crippen LogP contribution in [0.4, 0.5) is 0 Å². The molecule has 0 spiro atoms. The maximum Gasteiger partial charge on any atom is 0.251 e. The highest BCUT2D eigenvalue weighted by Gasteiger charge is 2.36. The summed E-state index contributed by atoms with van der Waals surface area (Å²) in [5, 5.41) is 0. The summed E-state index contributed by atoms with van der Waals surface area (Å²) in [5.74, 6) is 1.98. The van der Waals surface area contributed by atoms with Crippen molar-refractivity contribution in [1.82, 2.24) is 4.90 Å². The fraction of sp³-hybridized carbons (Fsp3) is 0.381. The fourth-order valence-corrected chi connectivity index (χ4v) is 3.13. The van der Waals surface area contributed by atoms with Crippen LogP contribution in [0.1, 0.15) is 31.2 Å². The van der Waals surface area contributed by atoms with Crippen molar-refractivity contribution in [2.24, 2.45) is 0 Å². The SMILES string of the molecule is COc1cccc(OC)c1C1OCC(=O)N1Cc1ccc(OC(C)C)cc1. The van der Waals surface area contributed by atoms with Gasteiger partial charge in [0.2, 0.25) is 0 Å². The van der Waals surface area contributed by atoms with E-state index in [-0.39, 0.29) is 18.6 Å². The molecule has 0 bridgehead atoms. The minimum atomic E-state index is -0.560. The molecule has 6 nitrogen and oxygen atoms in total. The van der Waals surface area contributed by atoms with Crippen molar-refractivity contribution in [3.8, 4) is 17.2 Å². The molecule has 3 rings (SSSR count). The average Bonchev–Trinajstić information content (AvgIpc) is 3.02. The zero-order chi connectivity index (χ0) is 19.4. The number of ether oxygens (including phenoxy) is 4. The lowest BCUT2D eigenvalue weighted by Crippen LogP contribution is -2.28. The van der Waals surface area contributed by atoms with Crippen LogP contribution in [0, 0.1) is 0 Å². The van der Waals surface area contributed by atoms with Gasteiger partial charge in [-0.15, -0.1) is 0 Å². The Balaban J connectivity index is 1.85. The first-order chi connectivity index (χ1) is 13.0. The largest absolute Gasteiger partial charge is 0.496 e. The van der Waals surface area contributed by atoms with E-state index in [2.05, 4.69) is 0 Å². The van der Waals surface area contributed by atoms with Gasteiger partial charge in [-0.05, 0) is 43.7 Å². The highest BCUT2D eigenvalue weighted by molar-refractivity contribution is 5.80. The fourth-order valence-electron chi connectivity index (χ4n) is 3.13. The van der Waals surface area contributed by atoms with E-state index in [0.717, 1.165) is 11.3 Å². The highest BCUT2D eigenvalue weighted by atomic mass is 16.5. The third kappa shape index (κ3) is 4.17. The van der Waals surface area contributed by atoms with Gasteiger partial charge in [0.1, 0.15) is 23.9 Å². The second-order valence-electron chi connectivity index (χ2n) is 6.57. The van der Waals surface area contributed by atoms with Crippen molar-refractivity contribution in [2.45, 2.75) is 32.7 Å². The molecule has 27 heavy (non-hydrogen) atoms. The summed E-state index contributed by atoms with van der Waals surface area (Å²) in [5.41, 5.74) is 1.71. The van der Waals surface area contributed by atoms with Crippen molar-refractivity contribution in [3.63, 3.8) is 0 Å². The number of nitrogens with zero attached hydrogens (tertiary/aromatic N) is 1. The Hall–Kier alpha value is -2.73. The van der Waals surface area contributed by atoms with Crippen LogP contribution in [-0.4, -0.2) is 37.7 Å². The van der Waals surface area contributed by atoms with Gasteiger partial charge in [0, 0.05) is 6.54 Å². The summed E-state index contributed by atoms with van der Waals surface area (Å²) in [7, 11) is 3.18. The quantitative estimate of drug-likeness (QED) is 0.745. The van der Waals surface area contributed by atoms with Gasteiger partial charge in [-0.25, -0.2) is 0 Å². The lowest BCUT2D eigenvalue weighted by atomic mass is 10.1. The second-order valence-corrected chi connectivity index (χ2v) is 6.57. The van der Waals surface area contributed by atoms with Crippen LogP contribution >= 0.6 is 0 Å². The van der Waals surface area contributed by atoms with Crippen LogP contribution in [0.5, 0.6) is 17.2 Å². The zero-order valence-corrected chi connectivity index (χ0v) is 16.1. The average molecular weight is 371 g/mol. The summed E-state index contributed by atoms with van der Waals surface area (Å²) in [6.45, 7) is 4.42. The molecule has 2 aromatic rings. The predicted octanol–water partition coefficient (Wildman–Crippen LogP) is 3.55. The number of carbonyl (C=O) groups is 1. The first-order valence-electron chi connectivity index (χ1n) is 8.91. The van der Waals surface area contributed by atoms with Gasteiger partial charge < -0.3 is 23.8 Å². The van der Waals surface area contributed by atoms with Gasteiger partial charge >= 0.3 is 0 Å². The molecular formula is C21H25NO5. The van der Waals surface area contributed by atoms with E-state index in [0.29, 0.717) is 23.6 Å². The van der Waals surface area contributed by atoms with Crippen molar-refractivity contribution in [1.29, 1.82) is 0 Å². The van der Waals surface area contributed by atoms with E-state index in [1.54, 1.807) is 19.1 Å². The van der Waals surface area contributed by atoms with Crippen molar-refractivity contribution in [2.75, 3.05) is 20.8 Å². The first-order valence-corrected chi connectivity index (χ1v) is 8.91. The molecule has 6 heteroatoms. The molecule has 0 radical (unpaired) electrons. The van der Waals surface area contributed by atoms with Crippen LogP contribution in [0.15, 0.2) is 42.5 Å². The van der Waals surface area contributed by atoms with Crippen LogP contribution in [0.2, 0.25) is 0 Å². The monoisotopic (exact) mass is 371 g/mol. The summed E-state index contributed by atoms with van der Waals surface area (Å²) >= 11 is 0. The molecule has 1 heterocycles. The standard InChI is InChI=1S/C21H25NO5/c1-14(2)27-16-10-8-15(9-11-16)12-22-19(23)13-26-21(22)20-17(24-3)6-5-7-18(20)25-4/h5-11,14,21H,12-13H2,1-4H3. The van der Waals surface area contributed by atoms with Crippen LogP contribution in [0.25, 0.3) is 0 Å². The normalized spacial score (nSPS) is 16.7. The third-order valence-electron chi connectivity index (χ3n) is 4.33. The van der Waals surface area contributed by atoms with Gasteiger partial charge in [-0.1, -0.05) is 18.2 Å². The van der Waals surface area contributed by atoms with Gasteiger partial charge in [-0.3, -0.25) is 4.79 Å². The molecule has 1 aliphatic heterocycles. The number of benzene rings is 2. The molecular weight excluding hydrogens is 346 g/mol. The summed E-state index contributed by atoms with van der Waals surface area (Å²) in [4.78, 5) is 14.2. The summed E-state index contributed by atoms with van der Waals surface area (Å²) in [6, 6.07) is 13.3. The summed E-state index contributed by atoms with van der Waals surface area (Å²) < 4.78 is 22.4. The van der Waals surface area contributed by atoms with Crippen LogP contribution in [-0.2, 0) is 16.1 Å². The number of hydrogen-bond donors (Lipinski definition) is 0. The Morgan fingerprint density at radius 3 is 2.26 bits per heavy atom. The molecule has 0 N–H and O–H groups in total. The zero-order valence-electron chi connectivity index (χ0n) is 16.1. The Bertz CT molecular complexity index is 765. The van der Waals surface area contributed by atoms with Crippen molar-refractivity contribution < 1.29 is 23.7 Å². The van der Waals surface area contributed by atoms with Crippen molar-refractivity contribution >= 4 is 5.91 Å². The second kappa shape index (κ2) is 8.31. The molecule has 1 unspecified atom stereocenters. The number of carbonyl (C=O) groups excluding carboxylic acids is 1. The number of methoxy groups -OCH3 is 2. The Labute approximate surface area is 159 Å². The van der Waals surface area contributed by atoms with E-state index in [9.17, 15) is 4.79 Å². The molecule has 1 atom stereocenters. The van der Waals surface area contributed by atoms with E-state index in [1.807, 2.05) is 56.3 Å².